The zero-order valence-corrected chi connectivity index (χ0v) is 21.7. The van der Waals surface area contributed by atoms with E-state index in [9.17, 15) is 9.90 Å². The average molecular weight is 551 g/mol. The summed E-state index contributed by atoms with van der Waals surface area (Å²) in [5.74, 6) is 1.23. The van der Waals surface area contributed by atoms with Crippen molar-refractivity contribution in [1.82, 2.24) is 30.1 Å². The molecule has 2 aromatic heterocycles. The van der Waals surface area contributed by atoms with Gasteiger partial charge in [0.2, 0.25) is 5.95 Å². The first-order valence-electron chi connectivity index (χ1n) is 12.1. The van der Waals surface area contributed by atoms with Gasteiger partial charge in [-0.1, -0.05) is 70.8 Å². The molecule has 4 aromatic rings. The van der Waals surface area contributed by atoms with Crippen LogP contribution in [0, 0.1) is 5.41 Å². The van der Waals surface area contributed by atoms with Crippen LogP contribution in [0.3, 0.4) is 0 Å². The van der Waals surface area contributed by atoms with Gasteiger partial charge in [-0.25, -0.2) is 9.78 Å². The summed E-state index contributed by atoms with van der Waals surface area (Å²) in [5.41, 5.74) is 2.56. The molecule has 0 spiro atoms. The van der Waals surface area contributed by atoms with Crippen LogP contribution in [-0.4, -0.2) is 67.0 Å². The maximum absolute atomic E-state index is 11.9. The van der Waals surface area contributed by atoms with Crippen LogP contribution in [0.15, 0.2) is 66.9 Å². The van der Waals surface area contributed by atoms with Crippen molar-refractivity contribution in [1.29, 1.82) is 0 Å². The summed E-state index contributed by atoms with van der Waals surface area (Å²) < 4.78 is 1.50. The molecule has 0 radical (unpaired) electrons. The molecule has 2 atom stereocenters. The molecular weight excluding hydrogens is 527 g/mol. The van der Waals surface area contributed by atoms with E-state index >= 15 is 0 Å². The Morgan fingerprint density at radius 3 is 2.74 bits per heavy atom. The third-order valence-electron chi connectivity index (χ3n) is 7.34. The summed E-state index contributed by atoms with van der Waals surface area (Å²) in [7, 11) is 0. The first kappa shape index (κ1) is 24.4. The Kier molecular flexibility index (Phi) is 6.29. The van der Waals surface area contributed by atoms with Gasteiger partial charge in [-0.3, -0.25) is 0 Å². The fourth-order valence-corrected chi connectivity index (χ4v) is 5.97. The van der Waals surface area contributed by atoms with E-state index in [4.69, 9.17) is 28.2 Å². The molecule has 0 unspecified atom stereocenters. The van der Waals surface area contributed by atoms with Crippen LogP contribution >= 0.6 is 23.2 Å². The minimum absolute atomic E-state index is 0.0306. The highest BCUT2D eigenvalue weighted by Crippen LogP contribution is 2.48. The molecule has 2 saturated heterocycles. The number of aromatic nitrogens is 5. The van der Waals surface area contributed by atoms with Crippen molar-refractivity contribution >= 4 is 41.1 Å². The number of halogens is 2. The number of likely N-dealkylation sites (tertiary alicyclic amines) is 1. The Bertz CT molecular complexity index is 1480. The Morgan fingerprint density at radius 1 is 1.08 bits per heavy atom. The third kappa shape index (κ3) is 4.29. The third-order valence-corrected chi connectivity index (χ3v) is 8.15. The minimum Gasteiger partial charge on any atom is -0.465 e. The highest BCUT2D eigenvalue weighted by molar-refractivity contribution is 6.43. The van der Waals surface area contributed by atoms with E-state index in [0.29, 0.717) is 41.3 Å². The summed E-state index contributed by atoms with van der Waals surface area (Å²) >= 11 is 12.6. The summed E-state index contributed by atoms with van der Waals surface area (Å²) in [6.45, 7) is 2.07. The normalized spacial score (nSPS) is 20.2. The van der Waals surface area contributed by atoms with E-state index in [1.807, 2.05) is 30.3 Å². The molecule has 2 aliphatic heterocycles. The minimum atomic E-state index is -0.888. The molecule has 4 heterocycles. The van der Waals surface area contributed by atoms with Crippen LogP contribution in [0.4, 0.5) is 16.6 Å². The number of nitrogens with one attached hydrogen (secondary N) is 1. The van der Waals surface area contributed by atoms with Crippen molar-refractivity contribution < 1.29 is 9.90 Å². The predicted molar refractivity (Wildman–Crippen MR) is 144 cm³/mol. The number of rotatable bonds is 7. The summed E-state index contributed by atoms with van der Waals surface area (Å²) in [6.07, 6.45) is 1.69. The number of carboxylic acid groups (broad SMARTS) is 1. The lowest BCUT2D eigenvalue weighted by atomic mass is 9.69. The van der Waals surface area contributed by atoms with Crippen LogP contribution in [0.1, 0.15) is 11.1 Å². The number of nitrogens with zero attached hydrogens (tertiary/aromatic N) is 7. The first-order chi connectivity index (χ1) is 18.4. The van der Waals surface area contributed by atoms with Gasteiger partial charge in [0.15, 0.2) is 0 Å². The Hall–Kier alpha value is -3.89. The number of benzene rings is 2. The molecule has 0 bridgehead atoms. The number of fused-ring (bicyclic) bond motifs is 1. The second kappa shape index (κ2) is 9.77. The molecule has 6 rings (SSSR count). The van der Waals surface area contributed by atoms with E-state index in [-0.39, 0.29) is 11.5 Å². The van der Waals surface area contributed by atoms with Gasteiger partial charge in [-0.05, 0) is 40.6 Å². The van der Waals surface area contributed by atoms with Crippen LogP contribution in [-0.2, 0) is 13.0 Å². The SMILES string of the molecule is O=C(O)N1C[C@H]2N(c3ncccc3CNc3nnnn3-c3cccc(Cl)c3Cl)C[C@@]2(Cc2ccccc2)C1. The zero-order chi connectivity index (χ0) is 26.3. The van der Waals surface area contributed by atoms with Gasteiger partial charge in [-0.15, -0.1) is 0 Å². The number of amides is 1. The number of carbonyl (C=O) groups is 1. The molecule has 1 amide bonds. The van der Waals surface area contributed by atoms with Gasteiger partial charge in [-0.2, -0.15) is 4.68 Å². The summed E-state index contributed by atoms with van der Waals surface area (Å²) in [4.78, 5) is 20.3. The quantitative estimate of drug-likeness (QED) is 0.348. The Morgan fingerprint density at radius 2 is 1.92 bits per heavy atom. The highest BCUT2D eigenvalue weighted by atomic mass is 35.5. The molecule has 12 heteroatoms. The van der Waals surface area contributed by atoms with Crippen LogP contribution < -0.4 is 10.2 Å². The van der Waals surface area contributed by atoms with E-state index in [2.05, 4.69) is 37.9 Å². The van der Waals surface area contributed by atoms with Gasteiger partial charge in [0, 0.05) is 43.4 Å². The van der Waals surface area contributed by atoms with E-state index in [1.165, 1.54) is 15.1 Å². The Labute approximate surface area is 228 Å². The monoisotopic (exact) mass is 550 g/mol. The fraction of sp³-hybridized carbons (Fsp3) is 0.269. The lowest BCUT2D eigenvalue weighted by Crippen LogP contribution is -2.65. The van der Waals surface area contributed by atoms with Crippen molar-refractivity contribution in [2.45, 2.75) is 19.0 Å². The number of pyridine rings is 1. The highest BCUT2D eigenvalue weighted by Gasteiger charge is 2.59. The standard InChI is InChI=1S/C26H24Cl2N8O2/c27-19-9-4-10-20(22(19)28)36-24(31-32-33-36)30-13-18-8-5-11-29-23(18)35-16-26(12-17-6-2-1-3-7-17)15-34(25(37)38)14-21(26)35/h1-11,21H,12-16H2,(H,37,38)(H,30,31,33)/t21-,26-/m1/s1. The second-order valence-corrected chi connectivity index (χ2v) is 10.4. The van der Waals surface area contributed by atoms with E-state index in [0.717, 1.165) is 24.3 Å². The number of hydrogen-bond acceptors (Lipinski definition) is 7. The van der Waals surface area contributed by atoms with Gasteiger partial charge in [0.25, 0.3) is 0 Å². The zero-order valence-electron chi connectivity index (χ0n) is 20.2. The molecule has 2 N–H and O–H groups in total. The molecule has 10 nitrogen and oxygen atoms in total. The predicted octanol–water partition coefficient (Wildman–Crippen LogP) is 4.39. The molecule has 2 aliphatic rings. The van der Waals surface area contributed by atoms with Crippen molar-refractivity contribution in [3.8, 4) is 5.69 Å². The Balaban J connectivity index is 1.24. The second-order valence-electron chi connectivity index (χ2n) is 9.66. The first-order valence-corrected chi connectivity index (χ1v) is 12.9. The lowest BCUT2D eigenvalue weighted by Gasteiger charge is -2.54. The maximum atomic E-state index is 11.9. The molecule has 38 heavy (non-hydrogen) atoms. The van der Waals surface area contributed by atoms with Crippen molar-refractivity contribution in [3.63, 3.8) is 0 Å². The van der Waals surface area contributed by atoms with Crippen molar-refractivity contribution in [3.05, 3.63) is 88.0 Å². The molecule has 0 aliphatic carbocycles. The molecule has 2 aromatic carbocycles. The van der Waals surface area contributed by atoms with Gasteiger partial charge < -0.3 is 20.2 Å². The largest absolute Gasteiger partial charge is 0.465 e. The molecule has 2 fully saturated rings. The number of hydrogen-bond donors (Lipinski definition) is 2. The van der Waals surface area contributed by atoms with Crippen molar-refractivity contribution in [2.75, 3.05) is 29.9 Å². The van der Waals surface area contributed by atoms with E-state index < -0.39 is 6.09 Å². The average Bonchev–Trinajstić information content (AvgIpc) is 3.49. The topological polar surface area (TPSA) is 112 Å². The van der Waals surface area contributed by atoms with Gasteiger partial charge >= 0.3 is 6.09 Å². The molecule has 194 valence electrons. The maximum Gasteiger partial charge on any atom is 0.407 e. The lowest BCUT2D eigenvalue weighted by molar-refractivity contribution is 0.144. The smallest absolute Gasteiger partial charge is 0.407 e. The fourth-order valence-electron chi connectivity index (χ4n) is 5.59. The summed E-state index contributed by atoms with van der Waals surface area (Å²) in [6, 6.07) is 19.4. The van der Waals surface area contributed by atoms with Crippen LogP contribution in [0.2, 0.25) is 10.0 Å². The van der Waals surface area contributed by atoms with Gasteiger partial charge in [0.1, 0.15) is 5.82 Å². The van der Waals surface area contributed by atoms with Crippen LogP contribution in [0.5, 0.6) is 0 Å². The molecule has 0 saturated carbocycles. The number of anilines is 2. The molecular formula is C26H24Cl2N8O2. The summed E-state index contributed by atoms with van der Waals surface area (Å²) in [5, 5.41) is 25.8. The van der Waals surface area contributed by atoms with Gasteiger partial charge in [0.05, 0.1) is 21.8 Å². The van der Waals surface area contributed by atoms with Crippen LogP contribution in [0.25, 0.3) is 5.69 Å². The van der Waals surface area contributed by atoms with E-state index in [1.54, 1.807) is 24.4 Å². The van der Waals surface area contributed by atoms with Crippen molar-refractivity contribution in [2.24, 2.45) is 5.41 Å². The number of tetrazole rings is 1.